The summed E-state index contributed by atoms with van der Waals surface area (Å²) in [5, 5.41) is 34.0. The van der Waals surface area contributed by atoms with Crippen LogP contribution in [0, 0.1) is 0 Å². The molecule has 0 spiro atoms. The van der Waals surface area contributed by atoms with Crippen LogP contribution in [0.15, 0.2) is 0 Å². The van der Waals surface area contributed by atoms with Crippen LogP contribution in [0.25, 0.3) is 0 Å². The van der Waals surface area contributed by atoms with Crippen LogP contribution in [0.4, 0.5) is 0 Å². The Morgan fingerprint density at radius 3 is 2.14 bits per heavy atom. The third-order valence-corrected chi connectivity index (χ3v) is 4.38. The zero-order valence-corrected chi connectivity index (χ0v) is 17.0. The van der Waals surface area contributed by atoms with Gasteiger partial charge in [-0.2, -0.15) is 11.8 Å². The molecule has 0 aromatic carbocycles. The van der Waals surface area contributed by atoms with Gasteiger partial charge in [0.25, 0.3) is 0 Å². The zero-order valence-electron chi connectivity index (χ0n) is 16.2. The van der Waals surface area contributed by atoms with E-state index in [0.717, 1.165) is 0 Å². The number of nitrogens with two attached hydrogens (primary N) is 1. The molecule has 4 atom stereocenters. The number of hydrogen-bond donors (Lipinski definition) is 7. The minimum absolute atomic E-state index is 0.374. The summed E-state index contributed by atoms with van der Waals surface area (Å²) < 4.78 is 0. The van der Waals surface area contributed by atoms with E-state index in [1.165, 1.54) is 18.7 Å². The summed E-state index contributed by atoms with van der Waals surface area (Å²) in [6, 6.07) is -3.81. The van der Waals surface area contributed by atoms with E-state index in [2.05, 4.69) is 16.0 Å². The number of rotatable bonds is 14. The smallest absolute Gasteiger partial charge is 0.326 e. The van der Waals surface area contributed by atoms with E-state index in [0.29, 0.717) is 12.2 Å². The van der Waals surface area contributed by atoms with Crippen molar-refractivity contribution < 1.29 is 39.3 Å². The lowest BCUT2D eigenvalue weighted by atomic mass is 10.1. The van der Waals surface area contributed by atoms with Gasteiger partial charge in [0, 0.05) is 6.42 Å². The summed E-state index contributed by atoms with van der Waals surface area (Å²) in [6.07, 6.45) is 0.0235. The monoisotopic (exact) mass is 436 g/mol. The van der Waals surface area contributed by atoms with Gasteiger partial charge >= 0.3 is 11.9 Å². The SMILES string of the molecule is CSCCC(N)C(=O)NCC(=O)NC(C(=O)NC(CCC(=O)O)C(=O)O)C(C)O. The second-order valence-electron chi connectivity index (χ2n) is 6.22. The largest absolute Gasteiger partial charge is 0.481 e. The lowest BCUT2D eigenvalue weighted by molar-refractivity contribution is -0.144. The zero-order chi connectivity index (χ0) is 22.6. The highest BCUT2D eigenvalue weighted by Crippen LogP contribution is 2.02. The van der Waals surface area contributed by atoms with Gasteiger partial charge in [-0.05, 0) is 31.8 Å². The Hall–Kier alpha value is -2.38. The van der Waals surface area contributed by atoms with E-state index in [4.69, 9.17) is 15.9 Å². The van der Waals surface area contributed by atoms with Crippen LogP contribution in [-0.4, -0.2) is 87.8 Å². The van der Waals surface area contributed by atoms with E-state index in [9.17, 15) is 29.1 Å². The molecule has 0 rings (SSSR count). The van der Waals surface area contributed by atoms with E-state index in [1.54, 1.807) is 0 Å². The summed E-state index contributed by atoms with van der Waals surface area (Å²) in [7, 11) is 0. The fraction of sp³-hybridized carbons (Fsp3) is 0.688. The van der Waals surface area contributed by atoms with Gasteiger partial charge in [-0.15, -0.1) is 0 Å². The highest BCUT2D eigenvalue weighted by molar-refractivity contribution is 7.98. The standard InChI is InChI=1S/C16H28N4O8S/c1-8(21)13(15(26)19-10(16(27)28)3-4-12(23)24)20-11(22)7-18-14(25)9(17)5-6-29-2/h8-10,13,21H,3-7,17H2,1-2H3,(H,18,25)(H,19,26)(H,20,22)(H,23,24)(H,27,28). The molecular weight excluding hydrogens is 408 g/mol. The van der Waals surface area contributed by atoms with E-state index in [1.807, 2.05) is 6.26 Å². The van der Waals surface area contributed by atoms with E-state index in [-0.39, 0.29) is 6.42 Å². The molecule has 3 amide bonds. The summed E-state index contributed by atoms with van der Waals surface area (Å²) in [4.78, 5) is 57.8. The van der Waals surface area contributed by atoms with Crippen LogP contribution in [0.3, 0.4) is 0 Å². The predicted octanol–water partition coefficient (Wildman–Crippen LogP) is -2.52. The molecule has 166 valence electrons. The number of thioether (sulfide) groups is 1. The maximum Gasteiger partial charge on any atom is 0.326 e. The number of nitrogens with one attached hydrogen (secondary N) is 3. The van der Waals surface area contributed by atoms with Crippen molar-refractivity contribution in [1.82, 2.24) is 16.0 Å². The minimum Gasteiger partial charge on any atom is -0.481 e. The van der Waals surface area contributed by atoms with Crippen LogP contribution >= 0.6 is 11.8 Å². The molecule has 0 aliphatic carbocycles. The molecule has 0 aromatic rings. The van der Waals surface area contributed by atoms with E-state index < -0.39 is 66.9 Å². The highest BCUT2D eigenvalue weighted by Gasteiger charge is 2.30. The first-order valence-corrected chi connectivity index (χ1v) is 10.1. The van der Waals surface area contributed by atoms with Gasteiger partial charge in [0.2, 0.25) is 17.7 Å². The first-order chi connectivity index (χ1) is 13.5. The highest BCUT2D eigenvalue weighted by atomic mass is 32.2. The Morgan fingerprint density at radius 1 is 1.03 bits per heavy atom. The molecule has 0 aliphatic rings. The minimum atomic E-state index is -1.51. The number of hydrogen-bond acceptors (Lipinski definition) is 8. The maximum atomic E-state index is 12.2. The lowest BCUT2D eigenvalue weighted by Crippen LogP contribution is -2.57. The molecular formula is C16H28N4O8S. The van der Waals surface area contributed by atoms with Crippen molar-refractivity contribution in [1.29, 1.82) is 0 Å². The molecule has 0 aromatic heterocycles. The molecule has 0 saturated carbocycles. The van der Waals surface area contributed by atoms with Crippen molar-refractivity contribution in [2.75, 3.05) is 18.6 Å². The van der Waals surface area contributed by atoms with Gasteiger partial charge in [-0.25, -0.2) is 4.79 Å². The molecule has 12 nitrogen and oxygen atoms in total. The average molecular weight is 436 g/mol. The molecule has 8 N–H and O–H groups in total. The molecule has 0 saturated heterocycles. The average Bonchev–Trinajstić information content (AvgIpc) is 2.64. The number of carbonyl (C=O) groups excluding carboxylic acids is 3. The molecule has 0 aliphatic heterocycles. The summed E-state index contributed by atoms with van der Waals surface area (Å²) >= 11 is 1.51. The van der Waals surface area contributed by atoms with Crippen molar-refractivity contribution in [3.05, 3.63) is 0 Å². The second kappa shape index (κ2) is 13.7. The van der Waals surface area contributed by atoms with Crippen molar-refractivity contribution in [3.63, 3.8) is 0 Å². The number of carbonyl (C=O) groups is 5. The molecule has 13 heteroatoms. The van der Waals surface area contributed by atoms with Crippen molar-refractivity contribution in [2.45, 2.75) is 50.4 Å². The predicted molar refractivity (Wildman–Crippen MR) is 104 cm³/mol. The third-order valence-electron chi connectivity index (χ3n) is 3.74. The summed E-state index contributed by atoms with van der Waals surface area (Å²) in [5.74, 6) is -4.38. The molecule has 0 bridgehead atoms. The maximum absolute atomic E-state index is 12.2. The van der Waals surface area contributed by atoms with Gasteiger partial charge in [-0.1, -0.05) is 0 Å². The van der Waals surface area contributed by atoms with E-state index >= 15 is 0 Å². The van der Waals surface area contributed by atoms with Crippen LogP contribution in [0.2, 0.25) is 0 Å². The van der Waals surface area contributed by atoms with Crippen LogP contribution in [-0.2, 0) is 24.0 Å². The van der Waals surface area contributed by atoms with Crippen molar-refractivity contribution in [3.8, 4) is 0 Å². The van der Waals surface area contributed by atoms with Crippen LogP contribution in [0.1, 0.15) is 26.2 Å². The Labute approximate surface area is 172 Å². The molecule has 0 radical (unpaired) electrons. The third kappa shape index (κ3) is 11.3. The quantitative estimate of drug-likeness (QED) is 0.152. The van der Waals surface area contributed by atoms with Gasteiger partial charge in [0.15, 0.2) is 0 Å². The molecule has 0 fully saturated rings. The van der Waals surface area contributed by atoms with Gasteiger partial charge in [0.1, 0.15) is 12.1 Å². The number of amides is 3. The Kier molecular flexibility index (Phi) is 12.6. The summed E-state index contributed by atoms with van der Waals surface area (Å²) in [6.45, 7) is 0.706. The molecule has 29 heavy (non-hydrogen) atoms. The number of aliphatic hydroxyl groups excluding tert-OH is 1. The number of carboxylic acid groups (broad SMARTS) is 2. The van der Waals surface area contributed by atoms with Gasteiger partial charge in [-0.3, -0.25) is 19.2 Å². The van der Waals surface area contributed by atoms with Crippen molar-refractivity contribution in [2.24, 2.45) is 5.73 Å². The normalized spacial score (nSPS) is 14.8. The number of aliphatic carboxylic acids is 2. The Morgan fingerprint density at radius 2 is 1.66 bits per heavy atom. The Bertz CT molecular complexity index is 601. The molecule has 4 unspecified atom stereocenters. The topological polar surface area (TPSA) is 208 Å². The van der Waals surface area contributed by atoms with Crippen molar-refractivity contribution >= 4 is 41.4 Å². The first-order valence-electron chi connectivity index (χ1n) is 8.74. The Balaban J connectivity index is 4.77. The first kappa shape index (κ1) is 26.6. The summed E-state index contributed by atoms with van der Waals surface area (Å²) in [5.41, 5.74) is 5.66. The lowest BCUT2D eigenvalue weighted by Gasteiger charge is -2.23. The second-order valence-corrected chi connectivity index (χ2v) is 7.21. The number of carboxylic acids is 2. The number of aliphatic hydroxyl groups is 1. The van der Waals surface area contributed by atoms with Crippen LogP contribution < -0.4 is 21.7 Å². The fourth-order valence-electron chi connectivity index (χ4n) is 2.09. The fourth-order valence-corrected chi connectivity index (χ4v) is 2.58. The van der Waals surface area contributed by atoms with Crippen LogP contribution in [0.5, 0.6) is 0 Å². The van der Waals surface area contributed by atoms with Gasteiger partial charge < -0.3 is 37.0 Å². The molecule has 0 heterocycles. The van der Waals surface area contributed by atoms with Gasteiger partial charge in [0.05, 0.1) is 18.7 Å².